The lowest BCUT2D eigenvalue weighted by molar-refractivity contribution is -0.145. The molecular formula is C16H28N4O8. The summed E-state index contributed by atoms with van der Waals surface area (Å²) in [6, 6.07) is -0.681. The monoisotopic (exact) mass is 404 g/mol. The number of esters is 1. The van der Waals surface area contributed by atoms with Gasteiger partial charge in [-0.15, -0.1) is 0 Å². The van der Waals surface area contributed by atoms with Gasteiger partial charge in [0.25, 0.3) is 0 Å². The molecule has 0 unspecified atom stereocenters. The van der Waals surface area contributed by atoms with E-state index >= 15 is 0 Å². The first-order chi connectivity index (χ1) is 13.3. The molecule has 0 heterocycles. The third kappa shape index (κ3) is 14.4. The number of nitrogens with two attached hydrogens (primary N) is 1. The Kier molecular flexibility index (Phi) is 13.8. The Morgan fingerprint density at radius 2 is 1.54 bits per heavy atom. The van der Waals surface area contributed by atoms with E-state index in [1.54, 1.807) is 6.92 Å². The van der Waals surface area contributed by atoms with Crippen LogP contribution in [0.4, 0.5) is 0 Å². The molecule has 0 fully saturated rings. The lowest BCUT2D eigenvalue weighted by atomic mass is 10.1. The number of carboxylic acids is 1. The van der Waals surface area contributed by atoms with Crippen molar-refractivity contribution in [1.29, 1.82) is 0 Å². The van der Waals surface area contributed by atoms with Crippen LogP contribution in [0, 0.1) is 0 Å². The van der Waals surface area contributed by atoms with Gasteiger partial charge < -0.3 is 36.3 Å². The van der Waals surface area contributed by atoms with Crippen molar-refractivity contribution in [3.63, 3.8) is 0 Å². The van der Waals surface area contributed by atoms with Gasteiger partial charge in [-0.1, -0.05) is 0 Å². The fraction of sp³-hybridized carbons (Fsp3) is 0.688. The highest BCUT2D eigenvalue weighted by Crippen LogP contribution is 2.00. The Balaban J connectivity index is 3.69. The molecule has 0 aromatic carbocycles. The highest BCUT2D eigenvalue weighted by Gasteiger charge is 2.13. The smallest absolute Gasteiger partial charge is 0.329 e. The maximum Gasteiger partial charge on any atom is 0.329 e. The van der Waals surface area contributed by atoms with Gasteiger partial charge in [-0.3, -0.25) is 19.2 Å². The molecule has 0 spiro atoms. The molecule has 0 saturated heterocycles. The van der Waals surface area contributed by atoms with E-state index in [9.17, 15) is 24.0 Å². The van der Waals surface area contributed by atoms with Gasteiger partial charge in [0.2, 0.25) is 17.7 Å². The fourth-order valence-electron chi connectivity index (χ4n) is 1.85. The number of carboxylic acid groups (broad SMARTS) is 1. The zero-order valence-electron chi connectivity index (χ0n) is 15.8. The van der Waals surface area contributed by atoms with E-state index in [2.05, 4.69) is 20.7 Å². The SMILES string of the molecule is CCOC(=O)[C@@H](N)CCCCNC(=O)CNC(=O)CNC(=O)COCC(=O)O. The molecular weight excluding hydrogens is 376 g/mol. The fourth-order valence-corrected chi connectivity index (χ4v) is 1.85. The van der Waals surface area contributed by atoms with Crippen molar-refractivity contribution in [3.05, 3.63) is 0 Å². The maximum absolute atomic E-state index is 11.6. The molecule has 6 N–H and O–H groups in total. The molecule has 0 aliphatic carbocycles. The number of nitrogens with one attached hydrogen (secondary N) is 3. The normalized spacial score (nSPS) is 11.2. The van der Waals surface area contributed by atoms with Gasteiger partial charge in [-0.25, -0.2) is 4.79 Å². The quantitative estimate of drug-likeness (QED) is 0.145. The van der Waals surface area contributed by atoms with Crippen molar-refractivity contribution in [2.45, 2.75) is 32.2 Å². The molecule has 12 heteroatoms. The first-order valence-corrected chi connectivity index (χ1v) is 8.78. The first-order valence-electron chi connectivity index (χ1n) is 8.78. The average molecular weight is 404 g/mol. The largest absolute Gasteiger partial charge is 0.480 e. The van der Waals surface area contributed by atoms with Crippen molar-refractivity contribution in [1.82, 2.24) is 16.0 Å². The van der Waals surface area contributed by atoms with E-state index in [1.165, 1.54) is 0 Å². The van der Waals surface area contributed by atoms with Crippen LogP contribution in [0.15, 0.2) is 0 Å². The predicted molar refractivity (Wildman–Crippen MR) is 95.9 cm³/mol. The summed E-state index contributed by atoms with van der Waals surface area (Å²) in [5, 5.41) is 15.5. The molecule has 12 nitrogen and oxygen atoms in total. The number of rotatable bonds is 15. The van der Waals surface area contributed by atoms with Crippen LogP contribution in [0.1, 0.15) is 26.2 Å². The minimum atomic E-state index is -1.21. The Bertz CT molecular complexity index is 541. The van der Waals surface area contributed by atoms with E-state index in [0.717, 1.165) is 0 Å². The number of hydrogen-bond donors (Lipinski definition) is 5. The van der Waals surface area contributed by atoms with Crippen LogP contribution in [0.25, 0.3) is 0 Å². The van der Waals surface area contributed by atoms with Crippen LogP contribution in [-0.4, -0.2) is 80.3 Å². The van der Waals surface area contributed by atoms with Crippen LogP contribution in [0.3, 0.4) is 0 Å². The number of hydrogen-bond acceptors (Lipinski definition) is 8. The topological polar surface area (TPSA) is 186 Å². The van der Waals surface area contributed by atoms with Gasteiger partial charge in [0.05, 0.1) is 19.7 Å². The van der Waals surface area contributed by atoms with Gasteiger partial charge in [0.15, 0.2) is 0 Å². The predicted octanol–water partition coefficient (Wildman–Crippen LogP) is -2.50. The summed E-state index contributed by atoms with van der Waals surface area (Å²) in [4.78, 5) is 55.9. The second-order valence-corrected chi connectivity index (χ2v) is 5.64. The molecule has 0 aliphatic heterocycles. The summed E-state index contributed by atoms with van der Waals surface area (Å²) in [6.45, 7) is 0.609. The lowest BCUT2D eigenvalue weighted by Gasteiger charge is -2.10. The minimum absolute atomic E-state index is 0.257. The number of ether oxygens (including phenoxy) is 2. The Hall–Kier alpha value is -2.73. The number of carbonyl (C=O) groups is 5. The molecule has 1 atom stereocenters. The van der Waals surface area contributed by atoms with E-state index in [4.69, 9.17) is 15.6 Å². The van der Waals surface area contributed by atoms with E-state index < -0.39 is 48.9 Å². The second-order valence-electron chi connectivity index (χ2n) is 5.64. The van der Waals surface area contributed by atoms with Crippen LogP contribution in [0.2, 0.25) is 0 Å². The van der Waals surface area contributed by atoms with Gasteiger partial charge in [-0.2, -0.15) is 0 Å². The number of aliphatic carboxylic acids is 1. The first kappa shape index (κ1) is 25.3. The third-order valence-corrected chi connectivity index (χ3v) is 3.20. The summed E-state index contributed by atoms with van der Waals surface area (Å²) in [5.41, 5.74) is 5.64. The van der Waals surface area contributed by atoms with Crippen molar-refractivity contribution in [2.75, 3.05) is 39.5 Å². The number of unbranched alkanes of at least 4 members (excludes halogenated alkanes) is 1. The summed E-state index contributed by atoms with van der Waals surface area (Å²) < 4.78 is 9.34. The van der Waals surface area contributed by atoms with Crippen LogP contribution in [0.5, 0.6) is 0 Å². The van der Waals surface area contributed by atoms with Crippen LogP contribution < -0.4 is 21.7 Å². The zero-order chi connectivity index (χ0) is 21.4. The Labute approximate surface area is 162 Å². The zero-order valence-corrected chi connectivity index (χ0v) is 15.8. The van der Waals surface area contributed by atoms with Gasteiger partial charge in [-0.05, 0) is 26.2 Å². The van der Waals surface area contributed by atoms with Crippen molar-refractivity contribution in [3.8, 4) is 0 Å². The lowest BCUT2D eigenvalue weighted by Crippen LogP contribution is -2.42. The second kappa shape index (κ2) is 15.3. The summed E-state index contributed by atoms with van der Waals surface area (Å²) in [5.74, 6) is -3.30. The highest BCUT2D eigenvalue weighted by molar-refractivity contribution is 5.88. The summed E-state index contributed by atoms with van der Waals surface area (Å²) in [6.07, 6.45) is 1.68. The third-order valence-electron chi connectivity index (χ3n) is 3.20. The Morgan fingerprint density at radius 1 is 0.929 bits per heavy atom. The Morgan fingerprint density at radius 3 is 2.14 bits per heavy atom. The molecule has 0 saturated carbocycles. The number of amides is 3. The average Bonchev–Trinajstić information content (AvgIpc) is 2.64. The molecule has 0 aromatic rings. The maximum atomic E-state index is 11.6. The highest BCUT2D eigenvalue weighted by atomic mass is 16.5. The van der Waals surface area contributed by atoms with Gasteiger partial charge >= 0.3 is 11.9 Å². The van der Waals surface area contributed by atoms with E-state index in [-0.39, 0.29) is 19.7 Å². The van der Waals surface area contributed by atoms with E-state index in [1.807, 2.05) is 0 Å². The molecule has 160 valence electrons. The van der Waals surface area contributed by atoms with Crippen molar-refractivity contribution in [2.24, 2.45) is 5.73 Å². The molecule has 0 aromatic heterocycles. The number of carbonyl (C=O) groups excluding carboxylic acids is 4. The molecule has 0 rings (SSSR count). The summed E-state index contributed by atoms with van der Waals surface area (Å²) >= 11 is 0. The van der Waals surface area contributed by atoms with Crippen LogP contribution in [-0.2, 0) is 33.4 Å². The van der Waals surface area contributed by atoms with E-state index in [0.29, 0.717) is 25.8 Å². The molecule has 0 bridgehead atoms. The molecule has 3 amide bonds. The standard InChI is InChI=1S/C16H28N4O8/c1-2-28-16(26)11(17)5-3-4-6-18-12(21)7-19-13(22)8-20-14(23)9-27-10-15(24)25/h11H,2-10,17H2,1H3,(H,18,21)(H,19,22)(H,20,23)(H,24,25)/t11-/m0/s1. The van der Waals surface area contributed by atoms with Crippen molar-refractivity contribution >= 4 is 29.7 Å². The van der Waals surface area contributed by atoms with Crippen LogP contribution >= 0.6 is 0 Å². The van der Waals surface area contributed by atoms with Gasteiger partial charge in [0, 0.05) is 6.54 Å². The summed E-state index contributed by atoms with van der Waals surface area (Å²) in [7, 11) is 0. The molecule has 0 radical (unpaired) electrons. The minimum Gasteiger partial charge on any atom is -0.480 e. The molecule has 0 aliphatic rings. The van der Waals surface area contributed by atoms with Crippen molar-refractivity contribution < 1.29 is 38.6 Å². The molecule has 28 heavy (non-hydrogen) atoms. The van der Waals surface area contributed by atoms with Gasteiger partial charge in [0.1, 0.15) is 19.3 Å².